The Morgan fingerprint density at radius 1 is 0.971 bits per heavy atom. The van der Waals surface area contributed by atoms with Crippen molar-refractivity contribution in [3.05, 3.63) is 95.6 Å². The number of nitrogens with zero attached hydrogens (tertiary/aromatic N) is 1. The van der Waals surface area contributed by atoms with E-state index in [0.717, 1.165) is 11.1 Å². The van der Waals surface area contributed by atoms with Crippen LogP contribution in [-0.2, 0) is 16.1 Å². The van der Waals surface area contributed by atoms with Gasteiger partial charge in [-0.25, -0.2) is 0 Å². The summed E-state index contributed by atoms with van der Waals surface area (Å²) in [5.74, 6) is 0.351. The van der Waals surface area contributed by atoms with E-state index in [0.29, 0.717) is 56.0 Å². The first-order chi connectivity index (χ1) is 16.5. The van der Waals surface area contributed by atoms with Crippen LogP contribution < -0.4 is 9.64 Å². The Labute approximate surface area is 201 Å². The molecule has 3 aromatic carbocycles. The van der Waals surface area contributed by atoms with E-state index < -0.39 is 5.41 Å². The van der Waals surface area contributed by atoms with E-state index in [1.165, 1.54) is 0 Å². The third-order valence-electron chi connectivity index (χ3n) is 6.54. The van der Waals surface area contributed by atoms with Crippen LogP contribution in [0.5, 0.6) is 5.75 Å². The van der Waals surface area contributed by atoms with Crippen molar-refractivity contribution >= 4 is 17.4 Å². The Bertz CT molecular complexity index is 1130. The van der Waals surface area contributed by atoms with Crippen LogP contribution in [0, 0.1) is 12.3 Å². The summed E-state index contributed by atoms with van der Waals surface area (Å²) in [6.45, 7) is 3.46. The molecular formula is C29H31NO4. The average molecular weight is 458 g/mol. The van der Waals surface area contributed by atoms with Gasteiger partial charge in [0.15, 0.2) is 5.78 Å². The number of ketones is 1. The highest BCUT2D eigenvalue weighted by molar-refractivity contribution is 6.19. The van der Waals surface area contributed by atoms with E-state index in [2.05, 4.69) is 0 Å². The summed E-state index contributed by atoms with van der Waals surface area (Å²) in [5.41, 5.74) is 2.35. The van der Waals surface area contributed by atoms with Gasteiger partial charge in [0.05, 0.1) is 19.4 Å². The molecule has 5 nitrogen and oxygen atoms in total. The van der Waals surface area contributed by atoms with Gasteiger partial charge in [-0.1, -0.05) is 72.3 Å². The molecule has 0 bridgehead atoms. The minimum absolute atomic E-state index is 0.113. The zero-order valence-electron chi connectivity index (χ0n) is 19.8. The number of Topliss-reactive ketones (excluding diaryl/α,β-unsaturated/α-hetero) is 1. The predicted octanol–water partition coefficient (Wildman–Crippen LogP) is 5.61. The molecule has 0 aliphatic carbocycles. The van der Waals surface area contributed by atoms with Gasteiger partial charge in [0.2, 0.25) is 5.91 Å². The lowest BCUT2D eigenvalue weighted by molar-refractivity contribution is -0.123. The van der Waals surface area contributed by atoms with Crippen molar-refractivity contribution in [2.24, 2.45) is 5.41 Å². The van der Waals surface area contributed by atoms with Crippen molar-refractivity contribution in [1.82, 2.24) is 0 Å². The Morgan fingerprint density at radius 2 is 1.68 bits per heavy atom. The van der Waals surface area contributed by atoms with E-state index >= 15 is 0 Å². The van der Waals surface area contributed by atoms with E-state index in [-0.39, 0.29) is 11.7 Å². The molecular weight excluding hydrogens is 426 g/mol. The number of para-hydroxylation sites is 2. The lowest BCUT2D eigenvalue weighted by Crippen LogP contribution is -2.41. The zero-order chi connectivity index (χ0) is 24.0. The van der Waals surface area contributed by atoms with Gasteiger partial charge >= 0.3 is 0 Å². The molecule has 1 aliphatic rings. The van der Waals surface area contributed by atoms with Crippen LogP contribution in [0.15, 0.2) is 78.9 Å². The van der Waals surface area contributed by atoms with Crippen LogP contribution in [0.2, 0.25) is 0 Å². The van der Waals surface area contributed by atoms with Gasteiger partial charge in [0.1, 0.15) is 11.2 Å². The fraction of sp³-hybridized carbons (Fsp3) is 0.310. The molecule has 1 amide bonds. The minimum atomic E-state index is -1.10. The van der Waals surface area contributed by atoms with E-state index in [9.17, 15) is 9.59 Å². The first kappa shape index (κ1) is 23.7. The number of methoxy groups -OCH3 is 1. The van der Waals surface area contributed by atoms with Crippen molar-refractivity contribution in [2.75, 3.05) is 25.2 Å². The first-order valence-electron chi connectivity index (χ1n) is 11.7. The number of benzene rings is 3. The quantitative estimate of drug-likeness (QED) is 0.226. The molecule has 1 aliphatic heterocycles. The van der Waals surface area contributed by atoms with Gasteiger partial charge in [0, 0.05) is 18.7 Å². The van der Waals surface area contributed by atoms with E-state index in [1.807, 2.05) is 85.8 Å². The molecule has 1 heterocycles. The predicted molar refractivity (Wildman–Crippen MR) is 133 cm³/mol. The third kappa shape index (κ3) is 4.90. The van der Waals surface area contributed by atoms with Gasteiger partial charge in [-0.2, -0.15) is 0 Å². The topological polar surface area (TPSA) is 55.8 Å². The smallest absolute Gasteiger partial charge is 0.241 e. The minimum Gasteiger partial charge on any atom is -0.495 e. The van der Waals surface area contributed by atoms with E-state index in [4.69, 9.17) is 9.47 Å². The molecule has 1 unspecified atom stereocenters. The van der Waals surface area contributed by atoms with Crippen molar-refractivity contribution in [3.8, 4) is 5.75 Å². The van der Waals surface area contributed by atoms with Crippen LogP contribution in [0.1, 0.15) is 40.7 Å². The van der Waals surface area contributed by atoms with Gasteiger partial charge < -0.3 is 14.4 Å². The number of anilines is 1. The maximum Gasteiger partial charge on any atom is 0.241 e. The summed E-state index contributed by atoms with van der Waals surface area (Å²) >= 11 is 0. The van der Waals surface area contributed by atoms with Crippen molar-refractivity contribution < 1.29 is 19.1 Å². The molecule has 1 atom stereocenters. The molecule has 176 valence electrons. The summed E-state index contributed by atoms with van der Waals surface area (Å²) < 4.78 is 11.3. The van der Waals surface area contributed by atoms with Gasteiger partial charge in [-0.3, -0.25) is 9.59 Å². The number of aryl methyl sites for hydroxylation is 1. The number of amides is 1. The highest BCUT2D eigenvalue weighted by atomic mass is 16.5. The van der Waals surface area contributed by atoms with Crippen molar-refractivity contribution in [3.63, 3.8) is 0 Å². The van der Waals surface area contributed by atoms with Gasteiger partial charge in [0.25, 0.3) is 0 Å². The number of rotatable bonds is 10. The van der Waals surface area contributed by atoms with Gasteiger partial charge in [-0.05, 0) is 43.9 Å². The highest BCUT2D eigenvalue weighted by Gasteiger charge is 2.52. The summed E-state index contributed by atoms with van der Waals surface area (Å²) in [6, 6.07) is 24.9. The van der Waals surface area contributed by atoms with Crippen LogP contribution in [-0.4, -0.2) is 32.0 Å². The number of hydrogen-bond acceptors (Lipinski definition) is 4. The molecule has 0 spiro atoms. The summed E-state index contributed by atoms with van der Waals surface area (Å²) in [7, 11) is 1.59. The maximum absolute atomic E-state index is 13.9. The molecule has 0 aromatic heterocycles. The first-order valence-corrected chi connectivity index (χ1v) is 11.7. The second kappa shape index (κ2) is 10.7. The zero-order valence-corrected chi connectivity index (χ0v) is 19.8. The lowest BCUT2D eigenvalue weighted by Gasteiger charge is -2.27. The second-order valence-electron chi connectivity index (χ2n) is 8.80. The largest absolute Gasteiger partial charge is 0.495 e. The molecule has 5 heteroatoms. The van der Waals surface area contributed by atoms with Crippen LogP contribution in [0.4, 0.5) is 5.69 Å². The Kier molecular flexibility index (Phi) is 7.43. The van der Waals surface area contributed by atoms with E-state index in [1.54, 1.807) is 12.0 Å². The van der Waals surface area contributed by atoms with Crippen molar-refractivity contribution in [2.45, 2.75) is 32.8 Å². The maximum atomic E-state index is 13.9. The Hall–Kier alpha value is -3.44. The molecule has 1 saturated heterocycles. The van der Waals surface area contributed by atoms with Crippen LogP contribution in [0.3, 0.4) is 0 Å². The average Bonchev–Trinajstić information content (AvgIpc) is 3.21. The Morgan fingerprint density at radius 3 is 2.41 bits per heavy atom. The summed E-state index contributed by atoms with van der Waals surface area (Å²) in [4.78, 5) is 29.4. The molecule has 3 aromatic rings. The fourth-order valence-electron chi connectivity index (χ4n) is 4.63. The number of carbonyl (C=O) groups is 2. The summed E-state index contributed by atoms with van der Waals surface area (Å²) in [6.07, 6.45) is 1.53. The number of ether oxygens (including phenoxy) is 2. The van der Waals surface area contributed by atoms with Crippen molar-refractivity contribution in [1.29, 1.82) is 0 Å². The SMILES string of the molecule is COc1ccccc1N1CCC(CCCOCc2ccccc2)(C(=O)c2ccc(C)cc2)C1=O. The highest BCUT2D eigenvalue weighted by Crippen LogP contribution is 2.43. The molecule has 0 radical (unpaired) electrons. The number of hydrogen-bond donors (Lipinski definition) is 0. The molecule has 0 saturated carbocycles. The molecule has 1 fully saturated rings. The molecule has 0 N–H and O–H groups in total. The normalized spacial score (nSPS) is 17.7. The van der Waals surface area contributed by atoms with Gasteiger partial charge in [-0.15, -0.1) is 0 Å². The molecule has 4 rings (SSSR count). The Balaban J connectivity index is 1.54. The van der Waals surface area contributed by atoms with Crippen LogP contribution in [0.25, 0.3) is 0 Å². The summed E-state index contributed by atoms with van der Waals surface area (Å²) in [5, 5.41) is 0. The third-order valence-corrected chi connectivity index (χ3v) is 6.54. The van der Waals surface area contributed by atoms with Crippen LogP contribution >= 0.6 is 0 Å². The standard InChI is InChI=1S/C29H31NO4/c1-22-13-15-24(16-14-22)27(31)29(17-8-20-34-21-23-9-4-3-5-10-23)18-19-30(28(29)32)25-11-6-7-12-26(25)33-2/h3-7,9-16H,8,17-21H2,1-2H3. The second-order valence-corrected chi connectivity index (χ2v) is 8.80. The molecule has 34 heavy (non-hydrogen) atoms. The lowest BCUT2D eigenvalue weighted by atomic mass is 9.75. The monoisotopic (exact) mass is 457 g/mol. The fourth-order valence-corrected chi connectivity index (χ4v) is 4.63. The number of carbonyl (C=O) groups excluding carboxylic acids is 2.